The van der Waals surface area contributed by atoms with Gasteiger partial charge in [0.25, 0.3) is 0 Å². The molecule has 0 aliphatic carbocycles. The van der Waals surface area contributed by atoms with E-state index in [-0.39, 0.29) is 19.3 Å². The van der Waals surface area contributed by atoms with Gasteiger partial charge < -0.3 is 48.9 Å². The van der Waals surface area contributed by atoms with Gasteiger partial charge in [0.2, 0.25) is 5.88 Å². The first-order valence-electron chi connectivity index (χ1n) is 17.4. The third kappa shape index (κ3) is 13.5. The highest BCUT2D eigenvalue weighted by molar-refractivity contribution is 5.79. The second-order valence-electron chi connectivity index (χ2n) is 11.6. The highest BCUT2D eigenvalue weighted by atomic mass is 16.6. The molecule has 50 heavy (non-hydrogen) atoms. The zero-order chi connectivity index (χ0) is 35.2. The zero-order valence-corrected chi connectivity index (χ0v) is 29.0. The van der Waals surface area contributed by atoms with Gasteiger partial charge in [-0.15, -0.1) is 0 Å². The molecule has 0 spiro atoms. The number of aliphatic hydroxyl groups is 1. The number of aliphatic carboxylic acids is 1. The number of rotatable bonds is 26. The molecule has 0 unspecified atom stereocenters. The number of hydrogen-bond donors (Lipinski definition) is 3. The van der Waals surface area contributed by atoms with Gasteiger partial charge in [-0.3, -0.25) is 0 Å². The molecule has 1 fully saturated rings. The number of nitrogens with zero attached hydrogens (tertiary/aromatic N) is 5. The van der Waals surface area contributed by atoms with Crippen molar-refractivity contribution in [1.29, 1.82) is 0 Å². The summed E-state index contributed by atoms with van der Waals surface area (Å²) < 4.78 is 34.7. The topological polar surface area (TPSA) is 171 Å². The Labute approximate surface area is 293 Å². The molecule has 1 atom stereocenters. The Morgan fingerprint density at radius 1 is 0.960 bits per heavy atom. The third-order valence-corrected chi connectivity index (χ3v) is 8.01. The number of piperidine rings is 1. The van der Waals surface area contributed by atoms with E-state index in [0.29, 0.717) is 78.5 Å². The zero-order valence-electron chi connectivity index (χ0n) is 29.0. The van der Waals surface area contributed by atoms with E-state index in [0.717, 1.165) is 66.7 Å². The minimum absolute atomic E-state index is 0.172. The van der Waals surface area contributed by atoms with Gasteiger partial charge >= 0.3 is 5.97 Å². The summed E-state index contributed by atoms with van der Waals surface area (Å²) in [6.07, 6.45) is 11.1. The van der Waals surface area contributed by atoms with Gasteiger partial charge in [0.15, 0.2) is 5.65 Å². The molecule has 0 amide bonds. The Balaban J connectivity index is 1.07. The van der Waals surface area contributed by atoms with E-state index < -0.39 is 5.97 Å². The molecular weight excluding hydrogens is 648 g/mol. The molecule has 0 saturated carbocycles. The molecule has 4 rings (SSSR count). The molecule has 3 N–H and O–H groups in total. The molecule has 276 valence electrons. The number of aliphatic hydroxyl groups excluding tert-OH is 1. The fourth-order valence-electron chi connectivity index (χ4n) is 5.45. The van der Waals surface area contributed by atoms with Gasteiger partial charge in [-0.05, 0) is 37.7 Å². The van der Waals surface area contributed by atoms with E-state index in [2.05, 4.69) is 33.3 Å². The molecule has 0 bridgehead atoms. The van der Waals surface area contributed by atoms with Crippen LogP contribution in [-0.4, -0.2) is 128 Å². The fraction of sp³-hybridized carbons (Fsp3) is 0.600. The first-order chi connectivity index (χ1) is 24.6. The number of aromatic nitrogens is 4. The standard InChI is InChI=1S/C35H52N6O9/c1-2-29-27-38-41-31(24-32(39-35(29)41)40-11-4-3-6-30(40)10-12-42)36-25-28-8-9-33(37-26-28)50-23-22-49-21-20-48-19-18-47-17-16-46-15-14-45-13-5-7-34(43)44/h5,7-9,24,26-27,30,36,42H,2-4,6,10-23,25H2,1H3,(H,43,44)/b7-5+/t30-/m0/s1. The van der Waals surface area contributed by atoms with Crippen LogP contribution in [-0.2, 0) is 41.4 Å². The number of anilines is 2. The van der Waals surface area contributed by atoms with Gasteiger partial charge in [-0.2, -0.15) is 9.61 Å². The monoisotopic (exact) mass is 700 g/mol. The summed E-state index contributed by atoms with van der Waals surface area (Å²) >= 11 is 0. The van der Waals surface area contributed by atoms with Crippen LogP contribution in [0.2, 0.25) is 0 Å². The van der Waals surface area contributed by atoms with Crippen molar-refractivity contribution in [2.75, 3.05) is 96.0 Å². The maximum atomic E-state index is 10.3. The van der Waals surface area contributed by atoms with Crippen molar-refractivity contribution in [2.45, 2.75) is 51.6 Å². The number of nitrogens with one attached hydrogen (secondary N) is 1. The summed E-state index contributed by atoms with van der Waals surface area (Å²) in [5.41, 5.74) is 2.96. The van der Waals surface area contributed by atoms with Crippen molar-refractivity contribution in [1.82, 2.24) is 19.6 Å². The van der Waals surface area contributed by atoms with Crippen molar-refractivity contribution in [2.24, 2.45) is 0 Å². The van der Waals surface area contributed by atoms with Crippen LogP contribution in [0.1, 0.15) is 43.7 Å². The summed E-state index contributed by atoms with van der Waals surface area (Å²) in [5.74, 6) is 1.32. The maximum Gasteiger partial charge on any atom is 0.328 e. The SMILES string of the molecule is CCc1cnn2c(NCc3ccc(OCCOCCOCCOCCOCCOC/C=C/C(=O)O)nc3)cc(N3CCCC[C@H]3CCO)nc12. The minimum atomic E-state index is -0.994. The molecule has 0 aromatic carbocycles. The molecule has 3 aromatic heterocycles. The predicted molar refractivity (Wildman–Crippen MR) is 187 cm³/mol. The van der Waals surface area contributed by atoms with E-state index in [9.17, 15) is 9.90 Å². The second-order valence-corrected chi connectivity index (χ2v) is 11.6. The van der Waals surface area contributed by atoms with Gasteiger partial charge in [0.05, 0.1) is 72.3 Å². The molecule has 15 heteroatoms. The number of fused-ring (bicyclic) bond motifs is 1. The molecule has 3 aromatic rings. The van der Waals surface area contributed by atoms with Crippen molar-refractivity contribution >= 4 is 23.3 Å². The molecule has 1 aliphatic rings. The van der Waals surface area contributed by atoms with Crippen LogP contribution in [0.5, 0.6) is 5.88 Å². The van der Waals surface area contributed by atoms with Gasteiger partial charge in [0, 0.05) is 55.7 Å². The van der Waals surface area contributed by atoms with Crippen LogP contribution in [0.15, 0.2) is 42.7 Å². The van der Waals surface area contributed by atoms with Crippen molar-refractivity contribution < 1.29 is 43.4 Å². The van der Waals surface area contributed by atoms with Crippen LogP contribution in [0.3, 0.4) is 0 Å². The molecular formula is C35H52N6O9. The van der Waals surface area contributed by atoms with Gasteiger partial charge in [0.1, 0.15) is 18.2 Å². The van der Waals surface area contributed by atoms with Crippen molar-refractivity contribution in [3.05, 3.63) is 53.9 Å². The summed E-state index contributed by atoms with van der Waals surface area (Å²) in [4.78, 5) is 22.1. The number of hydrogen-bond acceptors (Lipinski definition) is 13. The van der Waals surface area contributed by atoms with Crippen LogP contribution in [0, 0.1) is 0 Å². The summed E-state index contributed by atoms with van der Waals surface area (Å²) in [6.45, 7) is 8.33. The number of carboxylic acid groups (broad SMARTS) is 1. The fourth-order valence-corrected chi connectivity index (χ4v) is 5.45. The Morgan fingerprint density at radius 3 is 2.30 bits per heavy atom. The van der Waals surface area contributed by atoms with Crippen LogP contribution >= 0.6 is 0 Å². The lowest BCUT2D eigenvalue weighted by Crippen LogP contribution is -2.40. The Kier molecular flexibility index (Phi) is 17.7. The van der Waals surface area contributed by atoms with E-state index in [1.54, 1.807) is 6.20 Å². The van der Waals surface area contributed by atoms with E-state index in [1.165, 1.54) is 12.5 Å². The second kappa shape index (κ2) is 22.8. The smallest absolute Gasteiger partial charge is 0.328 e. The minimum Gasteiger partial charge on any atom is -0.478 e. The van der Waals surface area contributed by atoms with Crippen LogP contribution in [0.25, 0.3) is 5.65 Å². The quantitative estimate of drug-likeness (QED) is 0.0824. The average molecular weight is 701 g/mol. The highest BCUT2D eigenvalue weighted by Crippen LogP contribution is 2.29. The van der Waals surface area contributed by atoms with Crippen LogP contribution in [0.4, 0.5) is 11.6 Å². The summed E-state index contributed by atoms with van der Waals surface area (Å²) in [7, 11) is 0. The maximum absolute atomic E-state index is 10.3. The summed E-state index contributed by atoms with van der Waals surface area (Å²) in [6, 6.07) is 6.18. The highest BCUT2D eigenvalue weighted by Gasteiger charge is 2.25. The number of carboxylic acids is 1. The number of aryl methyl sites for hydroxylation is 1. The largest absolute Gasteiger partial charge is 0.478 e. The Hall–Kier alpha value is -3.86. The number of ether oxygens (including phenoxy) is 6. The van der Waals surface area contributed by atoms with Crippen LogP contribution < -0.4 is 15.0 Å². The number of pyridine rings is 1. The molecule has 1 aliphatic heterocycles. The van der Waals surface area contributed by atoms with Gasteiger partial charge in [-0.1, -0.05) is 19.1 Å². The number of carbonyl (C=O) groups is 1. The average Bonchev–Trinajstić information content (AvgIpc) is 3.55. The molecule has 15 nitrogen and oxygen atoms in total. The van der Waals surface area contributed by atoms with Gasteiger partial charge in [-0.25, -0.2) is 14.8 Å². The Morgan fingerprint density at radius 2 is 1.66 bits per heavy atom. The normalized spacial score (nSPS) is 14.9. The van der Waals surface area contributed by atoms with E-state index in [1.807, 2.05) is 22.8 Å². The van der Waals surface area contributed by atoms with Crippen molar-refractivity contribution in [3.63, 3.8) is 0 Å². The lowest BCUT2D eigenvalue weighted by Gasteiger charge is -2.36. The lowest BCUT2D eigenvalue weighted by atomic mass is 9.99. The van der Waals surface area contributed by atoms with E-state index in [4.69, 9.17) is 38.5 Å². The lowest BCUT2D eigenvalue weighted by molar-refractivity contribution is -0.131. The third-order valence-electron chi connectivity index (χ3n) is 8.01. The molecule has 4 heterocycles. The predicted octanol–water partition coefficient (Wildman–Crippen LogP) is 3.14. The summed E-state index contributed by atoms with van der Waals surface area (Å²) in [5, 5.41) is 26.3. The first-order valence-corrected chi connectivity index (χ1v) is 17.4. The van der Waals surface area contributed by atoms with Crippen molar-refractivity contribution in [3.8, 4) is 5.88 Å². The first kappa shape index (κ1) is 38.9. The van der Waals surface area contributed by atoms with E-state index >= 15 is 0 Å². The molecule has 0 radical (unpaired) electrons. The Bertz CT molecular complexity index is 1420. The molecule has 1 saturated heterocycles.